The van der Waals surface area contributed by atoms with Gasteiger partial charge in [-0.05, 0) is 54.3 Å². The van der Waals surface area contributed by atoms with Crippen LogP contribution in [0, 0.1) is 12.8 Å². The zero-order valence-electron chi connectivity index (χ0n) is 16.5. The number of thiophene rings is 2. The van der Waals surface area contributed by atoms with E-state index in [0.29, 0.717) is 30.1 Å². The molecule has 1 unspecified atom stereocenters. The van der Waals surface area contributed by atoms with Gasteiger partial charge in [-0.1, -0.05) is 18.2 Å². The van der Waals surface area contributed by atoms with Gasteiger partial charge in [-0.15, -0.1) is 22.7 Å². The maximum atomic E-state index is 13.1. The predicted octanol–water partition coefficient (Wildman–Crippen LogP) is 3.82. The Morgan fingerprint density at radius 1 is 1.13 bits per heavy atom. The molecule has 30 heavy (non-hydrogen) atoms. The molecule has 1 fully saturated rings. The highest BCUT2D eigenvalue weighted by Gasteiger charge is 2.33. The van der Waals surface area contributed by atoms with E-state index in [0.717, 1.165) is 16.1 Å². The number of amides is 1. The van der Waals surface area contributed by atoms with Crippen LogP contribution in [0.15, 0.2) is 57.6 Å². The fraction of sp³-hybridized carbons (Fsp3) is 0.333. The zero-order valence-corrected chi connectivity index (χ0v) is 19.0. The Labute approximate surface area is 184 Å². The first-order valence-electron chi connectivity index (χ1n) is 9.76. The molecular weight excluding hydrogens is 438 g/mol. The van der Waals surface area contributed by atoms with Crippen molar-refractivity contribution in [3.8, 4) is 0 Å². The summed E-state index contributed by atoms with van der Waals surface area (Å²) in [6.07, 6.45) is 2.76. The molecule has 1 aliphatic rings. The summed E-state index contributed by atoms with van der Waals surface area (Å²) >= 11 is 2.81. The Bertz CT molecular complexity index is 1090. The minimum Gasteiger partial charge on any atom is -0.343 e. The maximum Gasteiger partial charge on any atom is 0.252 e. The van der Waals surface area contributed by atoms with E-state index in [1.54, 1.807) is 35.0 Å². The first kappa shape index (κ1) is 21.2. The zero-order chi connectivity index (χ0) is 21.1. The average Bonchev–Trinajstić information content (AvgIpc) is 3.47. The molecule has 4 rings (SSSR count). The number of carbonyl (C=O) groups is 1. The smallest absolute Gasteiger partial charge is 0.252 e. The summed E-state index contributed by atoms with van der Waals surface area (Å²) in [6, 6.07) is 10.9. The molecule has 158 valence electrons. The summed E-state index contributed by atoms with van der Waals surface area (Å²) in [5.74, 6) is -0.266. The molecule has 0 spiro atoms. The van der Waals surface area contributed by atoms with Gasteiger partial charge in [-0.3, -0.25) is 9.78 Å². The van der Waals surface area contributed by atoms with E-state index in [9.17, 15) is 13.2 Å². The second kappa shape index (κ2) is 8.97. The number of hydrogen-bond acceptors (Lipinski definition) is 6. The van der Waals surface area contributed by atoms with Gasteiger partial charge in [-0.25, -0.2) is 8.42 Å². The van der Waals surface area contributed by atoms with Gasteiger partial charge in [0.15, 0.2) is 0 Å². The lowest BCUT2D eigenvalue weighted by molar-refractivity contribution is -0.126. The topological polar surface area (TPSA) is 79.4 Å². The SMILES string of the molecule is Cc1cccnc1C(NC(=O)C1CCN(S(=O)(=O)c2cccs2)CC1)c1cccs1. The van der Waals surface area contributed by atoms with Gasteiger partial charge in [0, 0.05) is 30.1 Å². The standard InChI is InChI=1S/C21H23N3O3S3/c1-15-5-2-10-22-19(15)20(17-6-3-13-28-17)23-21(25)16-8-11-24(12-9-16)30(26,27)18-7-4-14-29-18/h2-7,10,13-14,16,20H,8-9,11-12H2,1H3,(H,23,25). The summed E-state index contributed by atoms with van der Waals surface area (Å²) in [7, 11) is -3.46. The van der Waals surface area contributed by atoms with Gasteiger partial charge in [-0.2, -0.15) is 4.31 Å². The molecule has 1 N–H and O–H groups in total. The third-order valence-electron chi connectivity index (χ3n) is 5.35. The normalized spacial score (nSPS) is 17.0. The highest BCUT2D eigenvalue weighted by atomic mass is 32.2. The van der Waals surface area contributed by atoms with E-state index in [-0.39, 0.29) is 17.9 Å². The monoisotopic (exact) mass is 461 g/mol. The van der Waals surface area contributed by atoms with Crippen LogP contribution in [-0.4, -0.2) is 36.7 Å². The van der Waals surface area contributed by atoms with Gasteiger partial charge in [0.25, 0.3) is 10.0 Å². The quantitative estimate of drug-likeness (QED) is 0.605. The van der Waals surface area contributed by atoms with Crippen LogP contribution in [0.5, 0.6) is 0 Å². The van der Waals surface area contributed by atoms with Crippen LogP contribution in [-0.2, 0) is 14.8 Å². The summed E-state index contributed by atoms with van der Waals surface area (Å²) in [6.45, 7) is 2.69. The second-order valence-electron chi connectivity index (χ2n) is 7.27. The molecule has 1 aliphatic heterocycles. The van der Waals surface area contributed by atoms with E-state index >= 15 is 0 Å². The molecular formula is C21H23N3O3S3. The highest BCUT2D eigenvalue weighted by Crippen LogP contribution is 2.30. The van der Waals surface area contributed by atoms with Crippen molar-refractivity contribution in [2.24, 2.45) is 5.92 Å². The fourth-order valence-electron chi connectivity index (χ4n) is 3.69. The number of hydrogen-bond donors (Lipinski definition) is 1. The summed E-state index contributed by atoms with van der Waals surface area (Å²) in [4.78, 5) is 18.6. The van der Waals surface area contributed by atoms with Gasteiger partial charge in [0.2, 0.25) is 5.91 Å². The summed E-state index contributed by atoms with van der Waals surface area (Å²) in [5.41, 5.74) is 1.86. The lowest BCUT2D eigenvalue weighted by atomic mass is 9.96. The number of carbonyl (C=O) groups excluding carboxylic acids is 1. The lowest BCUT2D eigenvalue weighted by Crippen LogP contribution is -2.43. The molecule has 9 heteroatoms. The molecule has 4 heterocycles. The molecule has 1 amide bonds. The number of aromatic nitrogens is 1. The number of pyridine rings is 1. The molecule has 0 radical (unpaired) electrons. The van der Waals surface area contributed by atoms with Gasteiger partial charge < -0.3 is 5.32 Å². The molecule has 0 aromatic carbocycles. The first-order valence-corrected chi connectivity index (χ1v) is 13.0. The van der Waals surface area contributed by atoms with Crippen molar-refractivity contribution in [3.63, 3.8) is 0 Å². The molecule has 6 nitrogen and oxygen atoms in total. The van der Waals surface area contributed by atoms with Crippen molar-refractivity contribution in [2.75, 3.05) is 13.1 Å². The van der Waals surface area contributed by atoms with E-state index in [1.807, 2.05) is 36.6 Å². The molecule has 1 saturated heterocycles. The molecule has 0 saturated carbocycles. The molecule has 1 atom stereocenters. The van der Waals surface area contributed by atoms with Crippen molar-refractivity contribution >= 4 is 38.6 Å². The number of nitrogens with one attached hydrogen (secondary N) is 1. The summed E-state index contributed by atoms with van der Waals surface area (Å²) in [5, 5.41) is 6.92. The largest absolute Gasteiger partial charge is 0.343 e. The Kier molecular flexibility index (Phi) is 6.33. The van der Waals surface area contributed by atoms with Gasteiger partial charge in [0.1, 0.15) is 10.3 Å². The Morgan fingerprint density at radius 3 is 2.50 bits per heavy atom. The Hall–Kier alpha value is -2.07. The van der Waals surface area contributed by atoms with Gasteiger partial charge in [0.05, 0.1) is 5.69 Å². The van der Waals surface area contributed by atoms with Crippen LogP contribution in [0.4, 0.5) is 0 Å². The number of piperidine rings is 1. The van der Waals surface area contributed by atoms with Gasteiger partial charge >= 0.3 is 0 Å². The lowest BCUT2D eigenvalue weighted by Gasteiger charge is -2.31. The van der Waals surface area contributed by atoms with E-state index < -0.39 is 10.0 Å². The first-order chi connectivity index (χ1) is 14.5. The van der Waals surface area contributed by atoms with Crippen molar-refractivity contribution in [2.45, 2.75) is 30.0 Å². The van der Waals surface area contributed by atoms with E-state index in [2.05, 4.69) is 10.3 Å². The summed E-state index contributed by atoms with van der Waals surface area (Å²) < 4.78 is 27.3. The fourth-order valence-corrected chi connectivity index (χ4v) is 7.08. The minimum absolute atomic E-state index is 0.0494. The minimum atomic E-state index is -3.46. The number of sulfonamides is 1. The van der Waals surface area contributed by atoms with Crippen molar-refractivity contribution in [1.29, 1.82) is 0 Å². The molecule has 0 aliphatic carbocycles. The van der Waals surface area contributed by atoms with Crippen molar-refractivity contribution in [1.82, 2.24) is 14.6 Å². The molecule has 0 bridgehead atoms. The van der Waals surface area contributed by atoms with Crippen LogP contribution in [0.25, 0.3) is 0 Å². The Balaban J connectivity index is 1.45. The third-order valence-corrected chi connectivity index (χ3v) is 9.56. The predicted molar refractivity (Wildman–Crippen MR) is 119 cm³/mol. The number of rotatable bonds is 6. The number of aryl methyl sites for hydroxylation is 1. The Morgan fingerprint density at radius 2 is 1.87 bits per heavy atom. The van der Waals surface area contributed by atoms with Crippen LogP contribution in [0.3, 0.4) is 0 Å². The van der Waals surface area contributed by atoms with Crippen LogP contribution < -0.4 is 5.32 Å². The van der Waals surface area contributed by atoms with Crippen LogP contribution >= 0.6 is 22.7 Å². The highest BCUT2D eigenvalue weighted by molar-refractivity contribution is 7.91. The van der Waals surface area contributed by atoms with E-state index in [4.69, 9.17) is 0 Å². The second-order valence-corrected chi connectivity index (χ2v) is 11.4. The molecule has 3 aromatic rings. The van der Waals surface area contributed by atoms with Crippen molar-refractivity contribution in [3.05, 3.63) is 69.5 Å². The average molecular weight is 462 g/mol. The molecule has 3 aromatic heterocycles. The maximum absolute atomic E-state index is 13.1. The number of nitrogens with zero attached hydrogens (tertiary/aromatic N) is 2. The van der Waals surface area contributed by atoms with Crippen LogP contribution in [0.2, 0.25) is 0 Å². The van der Waals surface area contributed by atoms with Crippen molar-refractivity contribution < 1.29 is 13.2 Å². The van der Waals surface area contributed by atoms with Crippen LogP contribution in [0.1, 0.15) is 35.0 Å². The third kappa shape index (κ3) is 4.34. The van der Waals surface area contributed by atoms with E-state index in [1.165, 1.54) is 15.6 Å².